The molecule has 1 aliphatic rings. The van der Waals surface area contributed by atoms with Crippen LogP contribution < -0.4 is 10.5 Å². The number of benzene rings is 2. The van der Waals surface area contributed by atoms with Crippen molar-refractivity contribution >= 4 is 34.6 Å². The van der Waals surface area contributed by atoms with Crippen LogP contribution in [0.5, 0.6) is 5.75 Å². The van der Waals surface area contributed by atoms with Gasteiger partial charge in [-0.05, 0) is 79.1 Å². The molecule has 6 nitrogen and oxygen atoms in total. The molecule has 1 atom stereocenters. The van der Waals surface area contributed by atoms with Crippen LogP contribution in [-0.2, 0) is 11.2 Å². The first kappa shape index (κ1) is 25.2. The summed E-state index contributed by atoms with van der Waals surface area (Å²) in [4.78, 5) is 26.1. The first-order chi connectivity index (χ1) is 15.4. The zero-order valence-corrected chi connectivity index (χ0v) is 20.9. The molecule has 0 aliphatic carbocycles. The molecule has 1 unspecified atom stereocenters. The molecule has 1 fully saturated rings. The Morgan fingerprint density at radius 2 is 1.91 bits per heavy atom. The zero-order chi connectivity index (χ0) is 24.3. The maximum atomic E-state index is 14.4. The van der Waals surface area contributed by atoms with E-state index in [0.717, 1.165) is 9.64 Å². The van der Waals surface area contributed by atoms with E-state index in [1.807, 2.05) is 22.6 Å². The minimum Gasteiger partial charge on any atom is -0.492 e. The van der Waals surface area contributed by atoms with Crippen molar-refractivity contribution in [3.8, 4) is 5.75 Å². The van der Waals surface area contributed by atoms with Crippen LogP contribution in [0.3, 0.4) is 0 Å². The summed E-state index contributed by atoms with van der Waals surface area (Å²) in [5.74, 6) is -1.85. The topological polar surface area (TPSA) is 81.9 Å². The Labute approximate surface area is 205 Å². The molecule has 1 aliphatic heterocycles. The van der Waals surface area contributed by atoms with Crippen molar-refractivity contribution in [1.29, 1.82) is 0 Å². The second-order valence-electron chi connectivity index (χ2n) is 9.11. The Kier molecular flexibility index (Phi) is 7.81. The van der Waals surface area contributed by atoms with Gasteiger partial charge in [-0.25, -0.2) is 13.6 Å². The highest BCUT2D eigenvalue weighted by Crippen LogP contribution is 2.29. The first-order valence-corrected chi connectivity index (χ1v) is 11.7. The summed E-state index contributed by atoms with van der Waals surface area (Å²) in [7, 11) is 0. The molecule has 3 rings (SSSR count). The molecule has 1 saturated heterocycles. The average molecular weight is 572 g/mol. The van der Waals surface area contributed by atoms with Crippen molar-refractivity contribution < 1.29 is 27.8 Å². The molecule has 0 aromatic heterocycles. The Morgan fingerprint density at radius 1 is 1.18 bits per heavy atom. The molecule has 33 heavy (non-hydrogen) atoms. The fourth-order valence-corrected chi connectivity index (χ4v) is 4.16. The van der Waals surface area contributed by atoms with E-state index in [4.69, 9.17) is 15.2 Å². The predicted octanol–water partition coefficient (Wildman–Crippen LogP) is 4.89. The van der Waals surface area contributed by atoms with Gasteiger partial charge in [0, 0.05) is 35.1 Å². The average Bonchev–Trinajstić information content (AvgIpc) is 3.16. The molecule has 2 aromatic rings. The number of rotatable bonds is 6. The molecule has 2 aromatic carbocycles. The van der Waals surface area contributed by atoms with Crippen LogP contribution in [0.15, 0.2) is 30.3 Å². The lowest BCUT2D eigenvalue weighted by molar-refractivity contribution is 0.0284. The molecule has 178 valence electrons. The van der Waals surface area contributed by atoms with Crippen LogP contribution in [0, 0.1) is 21.1 Å². The number of primary amides is 1. The van der Waals surface area contributed by atoms with E-state index in [-0.39, 0.29) is 35.8 Å². The first-order valence-electron chi connectivity index (χ1n) is 10.6. The zero-order valence-electron chi connectivity index (χ0n) is 18.8. The maximum absolute atomic E-state index is 14.4. The molecule has 1 heterocycles. The highest BCUT2D eigenvalue weighted by molar-refractivity contribution is 14.1. The summed E-state index contributed by atoms with van der Waals surface area (Å²) in [5, 5.41) is 0. The van der Waals surface area contributed by atoms with E-state index in [1.54, 1.807) is 37.8 Å². The summed E-state index contributed by atoms with van der Waals surface area (Å²) in [6, 6.07) is 6.97. The lowest BCUT2D eigenvalue weighted by Crippen LogP contribution is -2.35. The number of hydrogen-bond acceptors (Lipinski definition) is 4. The van der Waals surface area contributed by atoms with Gasteiger partial charge in [0.25, 0.3) is 5.91 Å². The molecule has 2 N–H and O–H groups in total. The van der Waals surface area contributed by atoms with Gasteiger partial charge in [0.05, 0.1) is 12.2 Å². The lowest BCUT2D eigenvalue weighted by atomic mass is 9.98. The summed E-state index contributed by atoms with van der Waals surface area (Å²) in [5.41, 5.74) is 5.58. The second-order valence-corrected chi connectivity index (χ2v) is 10.4. The molecule has 2 amide bonds. The molecule has 0 bridgehead atoms. The van der Waals surface area contributed by atoms with Gasteiger partial charge in [-0.1, -0.05) is 6.07 Å². The molecule has 0 spiro atoms. The minimum absolute atomic E-state index is 0.00893. The summed E-state index contributed by atoms with van der Waals surface area (Å²) in [6.07, 6.45) is 0.280. The highest BCUT2D eigenvalue weighted by atomic mass is 127. The number of nitrogens with two attached hydrogens (primary N) is 1. The van der Waals surface area contributed by atoms with E-state index in [9.17, 15) is 18.4 Å². The third kappa shape index (κ3) is 6.78. The molecular formula is C24H27F2IN2O4. The standard InChI is InChI=1S/C24H27F2IN2O4/c1-24(2,3)33-23(31)29-7-6-14(12-29)13-32-20-10-17(25)9-16(21(20)22(28)30)8-15-4-5-18(27)11-19(15)26/h4-5,9-11,14H,6-8,12-13H2,1-3H3,(H2,28,30). The summed E-state index contributed by atoms with van der Waals surface area (Å²) in [6.45, 7) is 6.52. The van der Waals surface area contributed by atoms with E-state index < -0.39 is 29.2 Å². The van der Waals surface area contributed by atoms with Crippen molar-refractivity contribution in [2.24, 2.45) is 11.7 Å². The van der Waals surface area contributed by atoms with Gasteiger partial charge >= 0.3 is 6.09 Å². The Bertz CT molecular complexity index is 1060. The van der Waals surface area contributed by atoms with Gasteiger partial charge < -0.3 is 20.1 Å². The van der Waals surface area contributed by atoms with Crippen LogP contribution in [-0.4, -0.2) is 42.2 Å². The van der Waals surface area contributed by atoms with Crippen molar-refractivity contribution in [3.05, 3.63) is 62.2 Å². The van der Waals surface area contributed by atoms with Crippen LogP contribution in [0.4, 0.5) is 13.6 Å². The maximum Gasteiger partial charge on any atom is 0.410 e. The van der Waals surface area contributed by atoms with Gasteiger partial charge in [-0.2, -0.15) is 0 Å². The van der Waals surface area contributed by atoms with Crippen LogP contribution >= 0.6 is 22.6 Å². The lowest BCUT2D eigenvalue weighted by Gasteiger charge is -2.24. The highest BCUT2D eigenvalue weighted by Gasteiger charge is 2.30. The molecular weight excluding hydrogens is 545 g/mol. The number of carbonyl (C=O) groups excluding carboxylic acids is 2. The van der Waals surface area contributed by atoms with Gasteiger partial charge in [-0.15, -0.1) is 0 Å². The van der Waals surface area contributed by atoms with Crippen molar-refractivity contribution in [2.45, 2.75) is 39.2 Å². The SMILES string of the molecule is CC(C)(C)OC(=O)N1CCC(COc2cc(F)cc(Cc3ccc(I)cc3F)c2C(N)=O)C1. The number of ether oxygens (including phenoxy) is 2. The number of likely N-dealkylation sites (tertiary alicyclic amines) is 1. The quantitative estimate of drug-likeness (QED) is 0.500. The van der Waals surface area contributed by atoms with Crippen LogP contribution in [0.1, 0.15) is 48.7 Å². The number of nitrogens with zero attached hydrogens (tertiary/aromatic N) is 1. The van der Waals surface area contributed by atoms with E-state index in [1.165, 1.54) is 12.1 Å². The minimum atomic E-state index is -0.785. The number of halogens is 3. The predicted molar refractivity (Wildman–Crippen MR) is 128 cm³/mol. The van der Waals surface area contributed by atoms with Crippen molar-refractivity contribution in [2.75, 3.05) is 19.7 Å². The molecule has 9 heteroatoms. The summed E-state index contributed by atoms with van der Waals surface area (Å²) < 4.78 is 40.6. The van der Waals surface area contributed by atoms with Crippen LogP contribution in [0.25, 0.3) is 0 Å². The van der Waals surface area contributed by atoms with E-state index >= 15 is 0 Å². The normalized spacial score (nSPS) is 16.1. The van der Waals surface area contributed by atoms with Crippen molar-refractivity contribution in [3.63, 3.8) is 0 Å². The number of carbonyl (C=O) groups is 2. The Balaban J connectivity index is 1.74. The Hall–Kier alpha value is -2.43. The summed E-state index contributed by atoms with van der Waals surface area (Å²) >= 11 is 2.00. The van der Waals surface area contributed by atoms with E-state index in [0.29, 0.717) is 25.1 Å². The van der Waals surface area contributed by atoms with Gasteiger partial charge in [0.2, 0.25) is 0 Å². The van der Waals surface area contributed by atoms with Crippen LogP contribution in [0.2, 0.25) is 0 Å². The van der Waals surface area contributed by atoms with Gasteiger partial charge in [0.1, 0.15) is 23.0 Å². The smallest absolute Gasteiger partial charge is 0.410 e. The molecule has 0 radical (unpaired) electrons. The second kappa shape index (κ2) is 10.2. The van der Waals surface area contributed by atoms with Gasteiger partial charge in [0.15, 0.2) is 0 Å². The number of hydrogen-bond donors (Lipinski definition) is 1. The van der Waals surface area contributed by atoms with E-state index in [2.05, 4.69) is 0 Å². The fourth-order valence-electron chi connectivity index (χ4n) is 3.71. The third-order valence-corrected chi connectivity index (χ3v) is 5.87. The largest absolute Gasteiger partial charge is 0.492 e. The van der Waals surface area contributed by atoms with Gasteiger partial charge in [-0.3, -0.25) is 4.79 Å². The monoisotopic (exact) mass is 572 g/mol. The Morgan fingerprint density at radius 3 is 2.55 bits per heavy atom. The fraction of sp³-hybridized carbons (Fsp3) is 0.417. The number of amides is 2. The molecule has 0 saturated carbocycles. The van der Waals surface area contributed by atoms with Crippen molar-refractivity contribution in [1.82, 2.24) is 4.90 Å². The third-order valence-electron chi connectivity index (χ3n) is 5.20.